The number of fused-ring (bicyclic) bond motifs is 2. The largest absolute Gasteiger partial charge is 0.453 e. The van der Waals surface area contributed by atoms with Gasteiger partial charge >= 0.3 is 0 Å². The average molecular weight is 434 g/mol. The monoisotopic (exact) mass is 433 g/mol. The molecule has 0 fully saturated rings. The average Bonchev–Trinajstić information content (AvgIpc) is 2.79. The van der Waals surface area contributed by atoms with E-state index >= 15 is 0 Å². The van der Waals surface area contributed by atoms with Crippen LogP contribution in [0.2, 0.25) is 5.02 Å². The molecule has 1 amide bonds. The van der Waals surface area contributed by atoms with E-state index in [-0.39, 0.29) is 26.9 Å². The molecule has 0 aliphatic carbocycles. The van der Waals surface area contributed by atoms with Crippen LogP contribution in [0.3, 0.4) is 0 Å². The maximum atomic E-state index is 14.0. The number of carbonyl (C=O) groups excluding carboxylic acids is 1. The molecule has 2 heterocycles. The lowest BCUT2D eigenvalue weighted by Gasteiger charge is -2.14. The summed E-state index contributed by atoms with van der Waals surface area (Å²) in [5.74, 6) is -0.465. The smallest absolute Gasteiger partial charge is 0.263 e. The lowest BCUT2D eigenvalue weighted by Crippen LogP contribution is -2.26. The van der Waals surface area contributed by atoms with Crippen molar-refractivity contribution in [1.82, 2.24) is 4.98 Å². The van der Waals surface area contributed by atoms with Crippen molar-refractivity contribution < 1.29 is 22.3 Å². The lowest BCUT2D eigenvalue weighted by atomic mass is 10.2. The standard InChI is InChI=1S/C19H13ClFN3O4S/c1-24-18-17(3-2-8-22-18)28-16-7-5-12(10-13(16)19(24)25)29(26,27)23-15-6-4-11(20)9-14(15)21/h2-10,23H,1H3. The number of sulfonamides is 1. The van der Waals surface area contributed by atoms with E-state index in [9.17, 15) is 17.6 Å². The summed E-state index contributed by atoms with van der Waals surface area (Å²) in [6.45, 7) is 0. The molecule has 0 bridgehead atoms. The summed E-state index contributed by atoms with van der Waals surface area (Å²) in [4.78, 5) is 18.0. The fourth-order valence-corrected chi connectivity index (χ4v) is 4.07. The first kappa shape index (κ1) is 19.2. The Morgan fingerprint density at radius 1 is 1.14 bits per heavy atom. The Morgan fingerprint density at radius 2 is 1.93 bits per heavy atom. The molecule has 1 aliphatic rings. The molecule has 0 unspecified atom stereocenters. The second kappa shape index (κ2) is 7.02. The number of carbonyl (C=O) groups is 1. The van der Waals surface area contributed by atoms with Crippen molar-refractivity contribution in [2.45, 2.75) is 4.90 Å². The first-order valence-corrected chi connectivity index (χ1v) is 10.2. The van der Waals surface area contributed by atoms with Crippen LogP contribution < -0.4 is 14.4 Å². The number of hydrogen-bond donors (Lipinski definition) is 1. The van der Waals surface area contributed by atoms with E-state index in [0.717, 1.165) is 6.07 Å². The normalized spacial score (nSPS) is 13.2. The Balaban J connectivity index is 1.74. The molecule has 0 saturated carbocycles. The van der Waals surface area contributed by atoms with Crippen LogP contribution in [0, 0.1) is 5.82 Å². The minimum absolute atomic E-state index is 0.0324. The van der Waals surface area contributed by atoms with Gasteiger partial charge in [-0.15, -0.1) is 0 Å². The van der Waals surface area contributed by atoms with E-state index in [1.54, 1.807) is 12.1 Å². The van der Waals surface area contributed by atoms with Gasteiger partial charge in [0.05, 0.1) is 16.1 Å². The molecule has 1 N–H and O–H groups in total. The highest BCUT2D eigenvalue weighted by Gasteiger charge is 2.28. The summed E-state index contributed by atoms with van der Waals surface area (Å²) in [7, 11) is -2.67. The van der Waals surface area contributed by atoms with Crippen LogP contribution in [0.1, 0.15) is 10.4 Å². The zero-order chi connectivity index (χ0) is 20.8. The van der Waals surface area contributed by atoms with Crippen molar-refractivity contribution in [3.8, 4) is 11.5 Å². The van der Waals surface area contributed by atoms with Gasteiger partial charge in [-0.3, -0.25) is 14.4 Å². The first-order valence-electron chi connectivity index (χ1n) is 8.29. The molecule has 1 aromatic heterocycles. The number of halogens is 2. The molecule has 7 nitrogen and oxygen atoms in total. The molecule has 0 spiro atoms. The number of nitrogens with one attached hydrogen (secondary N) is 1. The maximum Gasteiger partial charge on any atom is 0.263 e. The van der Waals surface area contributed by atoms with Gasteiger partial charge in [-0.1, -0.05) is 11.6 Å². The number of ether oxygens (including phenoxy) is 1. The zero-order valence-electron chi connectivity index (χ0n) is 14.9. The third-order valence-electron chi connectivity index (χ3n) is 4.26. The van der Waals surface area contributed by atoms with Crippen molar-refractivity contribution in [3.63, 3.8) is 0 Å². The van der Waals surface area contributed by atoms with Gasteiger partial charge in [0.25, 0.3) is 15.9 Å². The Hall–Kier alpha value is -3.17. The minimum Gasteiger partial charge on any atom is -0.453 e. The predicted octanol–water partition coefficient (Wildman–Crippen LogP) is 4.06. The van der Waals surface area contributed by atoms with Crippen molar-refractivity contribution in [2.75, 3.05) is 16.7 Å². The molecular weight excluding hydrogens is 421 g/mol. The number of amides is 1. The fraction of sp³-hybridized carbons (Fsp3) is 0.0526. The van der Waals surface area contributed by atoms with Gasteiger partial charge in [-0.2, -0.15) is 0 Å². The van der Waals surface area contributed by atoms with Gasteiger partial charge in [0.2, 0.25) is 0 Å². The van der Waals surface area contributed by atoms with Crippen molar-refractivity contribution >= 4 is 39.0 Å². The van der Waals surface area contributed by atoms with E-state index in [4.69, 9.17) is 16.3 Å². The molecule has 0 saturated heterocycles. The number of aromatic nitrogens is 1. The van der Waals surface area contributed by atoms with Crippen molar-refractivity contribution in [2.24, 2.45) is 0 Å². The van der Waals surface area contributed by atoms with E-state index in [0.29, 0.717) is 11.6 Å². The Labute approximate surface area is 170 Å². The van der Waals surface area contributed by atoms with E-state index < -0.39 is 21.7 Å². The van der Waals surface area contributed by atoms with Crippen molar-refractivity contribution in [3.05, 3.63) is 71.1 Å². The third kappa shape index (κ3) is 3.50. The van der Waals surface area contributed by atoms with E-state index in [2.05, 4.69) is 9.71 Å². The third-order valence-corrected chi connectivity index (χ3v) is 5.86. The molecule has 0 radical (unpaired) electrons. The predicted molar refractivity (Wildman–Crippen MR) is 106 cm³/mol. The SMILES string of the molecule is CN1C(=O)c2cc(S(=O)(=O)Nc3ccc(Cl)cc3F)ccc2Oc2cccnc21. The number of nitrogens with zero attached hydrogens (tertiary/aromatic N) is 2. The summed E-state index contributed by atoms with van der Waals surface area (Å²) in [5.41, 5.74) is -0.231. The molecule has 10 heteroatoms. The van der Waals surface area contributed by atoms with E-state index in [1.807, 2.05) is 0 Å². The van der Waals surface area contributed by atoms with Gasteiger partial charge in [0, 0.05) is 18.3 Å². The Morgan fingerprint density at radius 3 is 2.69 bits per heavy atom. The Kier molecular flexibility index (Phi) is 4.64. The molecule has 29 heavy (non-hydrogen) atoms. The molecule has 0 atom stereocenters. The van der Waals surface area contributed by atoms with Crippen LogP contribution in [-0.4, -0.2) is 26.4 Å². The highest BCUT2D eigenvalue weighted by molar-refractivity contribution is 7.92. The molecule has 148 valence electrons. The summed E-state index contributed by atoms with van der Waals surface area (Å²) in [5, 5.41) is 0.134. The second-order valence-corrected chi connectivity index (χ2v) is 8.30. The summed E-state index contributed by atoms with van der Waals surface area (Å²) in [6.07, 6.45) is 1.52. The Bertz CT molecular complexity index is 1250. The highest BCUT2D eigenvalue weighted by atomic mass is 35.5. The van der Waals surface area contributed by atoms with E-state index in [1.165, 1.54) is 48.5 Å². The fourth-order valence-electron chi connectivity index (χ4n) is 2.82. The van der Waals surface area contributed by atoms with Crippen LogP contribution in [0.4, 0.5) is 15.9 Å². The van der Waals surface area contributed by atoms with Crippen LogP contribution in [0.15, 0.2) is 59.6 Å². The van der Waals surface area contributed by atoms with Gasteiger partial charge in [-0.25, -0.2) is 17.8 Å². The van der Waals surface area contributed by atoms with Gasteiger partial charge in [0.15, 0.2) is 11.6 Å². The maximum absolute atomic E-state index is 14.0. The molecule has 2 aromatic carbocycles. The van der Waals surface area contributed by atoms with Crippen LogP contribution >= 0.6 is 11.6 Å². The summed E-state index contributed by atoms with van der Waals surface area (Å²) >= 11 is 5.69. The zero-order valence-corrected chi connectivity index (χ0v) is 16.5. The number of hydrogen-bond acceptors (Lipinski definition) is 5. The van der Waals surface area contributed by atoms with Crippen LogP contribution in [0.25, 0.3) is 0 Å². The molecular formula is C19H13ClFN3O4S. The van der Waals surface area contributed by atoms with Crippen LogP contribution in [0.5, 0.6) is 11.5 Å². The van der Waals surface area contributed by atoms with Crippen molar-refractivity contribution in [1.29, 1.82) is 0 Å². The molecule has 3 aromatic rings. The minimum atomic E-state index is -4.18. The quantitative estimate of drug-likeness (QED) is 0.673. The van der Waals surface area contributed by atoms with Gasteiger partial charge < -0.3 is 4.74 Å². The lowest BCUT2D eigenvalue weighted by molar-refractivity contribution is 0.0992. The number of anilines is 2. The second-order valence-electron chi connectivity index (χ2n) is 6.18. The number of rotatable bonds is 3. The molecule has 1 aliphatic heterocycles. The highest BCUT2D eigenvalue weighted by Crippen LogP contribution is 2.37. The first-order chi connectivity index (χ1) is 13.8. The summed E-state index contributed by atoms with van der Waals surface area (Å²) < 4.78 is 47.3. The van der Waals surface area contributed by atoms with Crippen LogP contribution in [-0.2, 0) is 10.0 Å². The number of benzene rings is 2. The van der Waals surface area contributed by atoms with Gasteiger partial charge in [-0.05, 0) is 48.5 Å². The van der Waals surface area contributed by atoms with Gasteiger partial charge in [0.1, 0.15) is 11.6 Å². The molecule has 4 rings (SSSR count). The topological polar surface area (TPSA) is 88.6 Å². The summed E-state index contributed by atoms with van der Waals surface area (Å²) in [6, 6.07) is 10.7. The number of pyridine rings is 1.